The molecule has 0 amide bonds. The summed E-state index contributed by atoms with van der Waals surface area (Å²) in [5.74, 6) is 0. The summed E-state index contributed by atoms with van der Waals surface area (Å²) in [6, 6.07) is 52.0. The average Bonchev–Trinajstić information content (AvgIpc) is 3.35. The molecule has 0 saturated carbocycles. The molecule has 1 aliphatic rings. The molecule has 47 heavy (non-hydrogen) atoms. The summed E-state index contributed by atoms with van der Waals surface area (Å²) in [4.78, 5) is 0. The molecule has 0 aliphatic heterocycles. The van der Waals surface area contributed by atoms with Crippen LogP contribution in [0, 0.1) is 22.7 Å². The molecule has 0 N–H and O–H groups in total. The second-order valence-electron chi connectivity index (χ2n) is 13.2. The van der Waals surface area contributed by atoms with Gasteiger partial charge in [-0.25, -0.2) is 0 Å². The van der Waals surface area contributed by atoms with Gasteiger partial charge in [-0.2, -0.15) is 10.5 Å². The molecule has 2 nitrogen and oxygen atoms in total. The van der Waals surface area contributed by atoms with Gasteiger partial charge in [-0.15, -0.1) is 0 Å². The van der Waals surface area contributed by atoms with Gasteiger partial charge in [0.2, 0.25) is 0 Å². The maximum atomic E-state index is 9.41. The lowest BCUT2D eigenvalue weighted by molar-refractivity contribution is 0.661. The Hall–Kier alpha value is -6.22. The molecule has 218 valence electrons. The summed E-state index contributed by atoms with van der Waals surface area (Å²) in [6.07, 6.45) is 0. The predicted octanol–water partition coefficient (Wildman–Crippen LogP) is 11.7. The van der Waals surface area contributed by atoms with Crippen LogP contribution < -0.4 is 0 Å². The van der Waals surface area contributed by atoms with E-state index in [2.05, 4.69) is 135 Å². The van der Waals surface area contributed by atoms with Crippen molar-refractivity contribution in [2.45, 2.75) is 19.3 Å². The molecule has 0 aromatic heterocycles. The summed E-state index contributed by atoms with van der Waals surface area (Å²) in [5.41, 5.74) is 11.2. The molecule has 0 radical (unpaired) electrons. The molecule has 0 spiro atoms. The van der Waals surface area contributed by atoms with E-state index in [0.29, 0.717) is 11.1 Å². The fourth-order valence-electron chi connectivity index (χ4n) is 7.86. The lowest BCUT2D eigenvalue weighted by Gasteiger charge is -2.24. The monoisotopic (exact) mass is 596 g/mol. The van der Waals surface area contributed by atoms with Crippen molar-refractivity contribution in [1.29, 1.82) is 10.5 Å². The number of nitriles is 2. The van der Waals surface area contributed by atoms with Crippen LogP contribution in [0.2, 0.25) is 0 Å². The Balaban J connectivity index is 1.30. The molecule has 0 fully saturated rings. The highest BCUT2D eigenvalue weighted by Crippen LogP contribution is 2.56. The number of hydrogen-bond acceptors (Lipinski definition) is 2. The highest BCUT2D eigenvalue weighted by atomic mass is 14.4. The lowest BCUT2D eigenvalue weighted by atomic mass is 9.79. The van der Waals surface area contributed by atoms with Crippen LogP contribution in [0.3, 0.4) is 0 Å². The Labute approximate surface area is 273 Å². The van der Waals surface area contributed by atoms with Crippen molar-refractivity contribution >= 4 is 43.1 Å². The van der Waals surface area contributed by atoms with E-state index in [0.717, 1.165) is 21.5 Å². The number of hydrogen-bond donors (Lipinski definition) is 0. The Kier molecular flexibility index (Phi) is 5.71. The molecule has 0 unspecified atom stereocenters. The summed E-state index contributed by atoms with van der Waals surface area (Å²) >= 11 is 0. The molecule has 0 heterocycles. The second kappa shape index (κ2) is 9.89. The zero-order valence-corrected chi connectivity index (χ0v) is 26.1. The number of benzene rings is 8. The maximum Gasteiger partial charge on any atom is 0.0991 e. The van der Waals surface area contributed by atoms with Gasteiger partial charge in [-0.3, -0.25) is 0 Å². The Morgan fingerprint density at radius 2 is 0.809 bits per heavy atom. The molecule has 0 saturated heterocycles. The predicted molar refractivity (Wildman–Crippen MR) is 194 cm³/mol. The quantitative estimate of drug-likeness (QED) is 0.199. The molecule has 9 rings (SSSR count). The van der Waals surface area contributed by atoms with Gasteiger partial charge in [0.25, 0.3) is 0 Å². The van der Waals surface area contributed by atoms with Crippen LogP contribution in [0.15, 0.2) is 133 Å². The van der Waals surface area contributed by atoms with Gasteiger partial charge in [0.05, 0.1) is 23.3 Å². The highest BCUT2D eigenvalue weighted by Gasteiger charge is 2.39. The molecular weight excluding hydrogens is 569 g/mol. The molecule has 0 atom stereocenters. The van der Waals surface area contributed by atoms with Crippen LogP contribution >= 0.6 is 0 Å². The van der Waals surface area contributed by atoms with Crippen molar-refractivity contribution in [2.24, 2.45) is 0 Å². The first-order chi connectivity index (χ1) is 22.9. The van der Waals surface area contributed by atoms with E-state index in [9.17, 15) is 10.5 Å². The molecule has 8 aromatic rings. The Morgan fingerprint density at radius 3 is 1.23 bits per heavy atom. The molecule has 8 aromatic carbocycles. The minimum Gasteiger partial charge on any atom is -0.192 e. The Morgan fingerprint density at radius 1 is 0.426 bits per heavy atom. The van der Waals surface area contributed by atoms with Crippen molar-refractivity contribution in [3.05, 3.63) is 156 Å². The van der Waals surface area contributed by atoms with E-state index in [4.69, 9.17) is 0 Å². The smallest absolute Gasteiger partial charge is 0.0991 e. The van der Waals surface area contributed by atoms with Crippen LogP contribution in [0.4, 0.5) is 0 Å². The van der Waals surface area contributed by atoms with Crippen molar-refractivity contribution in [1.82, 2.24) is 0 Å². The SMILES string of the molecule is CC1(C)c2cc(-c3ccc4cc(C#N)ccc4c3)c3ccccc3c2-c2c1cc(-c1ccc3cc(C#N)ccc3c1)c1ccccc21. The molecule has 2 heteroatoms. The van der Waals surface area contributed by atoms with E-state index in [1.807, 2.05) is 24.3 Å². The van der Waals surface area contributed by atoms with E-state index in [1.165, 1.54) is 66.1 Å². The summed E-state index contributed by atoms with van der Waals surface area (Å²) in [5, 5.41) is 28.2. The van der Waals surface area contributed by atoms with Gasteiger partial charge in [-0.05, 0) is 136 Å². The molecule has 1 aliphatic carbocycles. The first-order valence-corrected chi connectivity index (χ1v) is 16.0. The first-order valence-electron chi connectivity index (χ1n) is 16.0. The third kappa shape index (κ3) is 3.96. The molecule has 0 bridgehead atoms. The van der Waals surface area contributed by atoms with Gasteiger partial charge in [-0.1, -0.05) is 98.8 Å². The van der Waals surface area contributed by atoms with Crippen LogP contribution in [0.25, 0.3) is 76.5 Å². The van der Waals surface area contributed by atoms with Gasteiger partial charge in [0.15, 0.2) is 0 Å². The molecular formula is C45H28N2. The van der Waals surface area contributed by atoms with Crippen LogP contribution in [-0.4, -0.2) is 0 Å². The van der Waals surface area contributed by atoms with Crippen molar-refractivity contribution in [2.75, 3.05) is 0 Å². The van der Waals surface area contributed by atoms with Crippen molar-refractivity contribution in [3.63, 3.8) is 0 Å². The van der Waals surface area contributed by atoms with E-state index < -0.39 is 0 Å². The zero-order valence-electron chi connectivity index (χ0n) is 26.1. The fourth-order valence-corrected chi connectivity index (χ4v) is 7.86. The van der Waals surface area contributed by atoms with E-state index in [-0.39, 0.29) is 5.41 Å². The van der Waals surface area contributed by atoms with Crippen molar-refractivity contribution in [3.8, 4) is 45.5 Å². The first kappa shape index (κ1) is 27.1. The van der Waals surface area contributed by atoms with Crippen LogP contribution in [0.5, 0.6) is 0 Å². The van der Waals surface area contributed by atoms with Gasteiger partial charge < -0.3 is 0 Å². The average molecular weight is 597 g/mol. The number of fused-ring (bicyclic) bond motifs is 9. The summed E-state index contributed by atoms with van der Waals surface area (Å²) in [6.45, 7) is 4.73. The second-order valence-corrected chi connectivity index (χ2v) is 13.2. The van der Waals surface area contributed by atoms with Crippen LogP contribution in [0.1, 0.15) is 36.1 Å². The van der Waals surface area contributed by atoms with Gasteiger partial charge in [0, 0.05) is 5.41 Å². The Bertz CT molecular complexity index is 2540. The van der Waals surface area contributed by atoms with Crippen LogP contribution in [-0.2, 0) is 5.41 Å². The lowest BCUT2D eigenvalue weighted by Crippen LogP contribution is -2.15. The third-order valence-electron chi connectivity index (χ3n) is 10.2. The van der Waals surface area contributed by atoms with E-state index in [1.54, 1.807) is 0 Å². The number of nitrogens with zero attached hydrogens (tertiary/aromatic N) is 2. The van der Waals surface area contributed by atoms with Gasteiger partial charge >= 0.3 is 0 Å². The topological polar surface area (TPSA) is 47.6 Å². The highest BCUT2D eigenvalue weighted by molar-refractivity contribution is 6.17. The summed E-state index contributed by atoms with van der Waals surface area (Å²) < 4.78 is 0. The standard InChI is InChI=1S/C45H28N2/c1-45(2)41-23-39(33-17-15-29-19-27(25-46)11-13-31(29)21-33)35-7-3-5-9-37(35)43(41)44-38-10-6-4-8-36(38)40(24-42(44)45)34-18-16-30-20-28(26-47)12-14-32(30)22-34/h3-24H,1-2H3. The van der Waals surface area contributed by atoms with E-state index >= 15 is 0 Å². The normalized spacial score (nSPS) is 13.0. The minimum atomic E-state index is -0.237. The number of rotatable bonds is 2. The minimum absolute atomic E-state index is 0.237. The fraction of sp³-hybridized carbons (Fsp3) is 0.0667. The third-order valence-corrected chi connectivity index (χ3v) is 10.2. The summed E-state index contributed by atoms with van der Waals surface area (Å²) in [7, 11) is 0. The zero-order chi connectivity index (χ0) is 31.9. The van der Waals surface area contributed by atoms with Gasteiger partial charge in [0.1, 0.15) is 0 Å². The largest absolute Gasteiger partial charge is 0.192 e. The van der Waals surface area contributed by atoms with Crippen molar-refractivity contribution < 1.29 is 0 Å². The maximum absolute atomic E-state index is 9.41.